The molecule has 1 aromatic carbocycles. The molecule has 0 unspecified atom stereocenters. The molecule has 0 bridgehead atoms. The molecule has 1 aromatic heterocycles. The predicted molar refractivity (Wildman–Crippen MR) is 115 cm³/mol. The van der Waals surface area contributed by atoms with Gasteiger partial charge in [0.15, 0.2) is 0 Å². The summed E-state index contributed by atoms with van der Waals surface area (Å²) in [5, 5.41) is 0. The lowest BCUT2D eigenvalue weighted by molar-refractivity contribution is 0.0637. The van der Waals surface area contributed by atoms with E-state index in [0.29, 0.717) is 11.6 Å². The van der Waals surface area contributed by atoms with Gasteiger partial charge in [-0.1, -0.05) is 37.3 Å². The maximum atomic E-state index is 12.9. The number of benzene rings is 1. The lowest BCUT2D eigenvalue weighted by Crippen LogP contribution is -2.48. The molecule has 0 N–H and O–H groups in total. The van der Waals surface area contributed by atoms with E-state index in [1.807, 2.05) is 11.0 Å². The summed E-state index contributed by atoms with van der Waals surface area (Å²) < 4.78 is 0. The quantitative estimate of drug-likeness (QED) is 0.782. The normalized spacial score (nSPS) is 18.8. The van der Waals surface area contributed by atoms with Crippen molar-refractivity contribution in [3.8, 4) is 0 Å². The van der Waals surface area contributed by atoms with Crippen LogP contribution < -0.4 is 4.90 Å². The van der Waals surface area contributed by atoms with Gasteiger partial charge in [-0.15, -0.1) is 0 Å². The van der Waals surface area contributed by atoms with Crippen molar-refractivity contribution in [3.05, 3.63) is 54.0 Å². The first-order valence-electron chi connectivity index (χ1n) is 10.9. The van der Waals surface area contributed by atoms with Gasteiger partial charge in [-0.3, -0.25) is 4.79 Å². The number of piperazine rings is 1. The average molecular weight is 394 g/mol. The third kappa shape index (κ3) is 4.93. The van der Waals surface area contributed by atoms with E-state index in [2.05, 4.69) is 57.0 Å². The summed E-state index contributed by atoms with van der Waals surface area (Å²) in [5.74, 6) is 1.63. The number of amides is 1. The lowest BCUT2D eigenvalue weighted by atomic mass is 9.90. The Bertz CT molecular complexity index is 796. The number of aromatic nitrogens is 2. The smallest absolute Gasteiger partial charge is 0.272 e. The third-order valence-electron chi connectivity index (χ3n) is 6.28. The van der Waals surface area contributed by atoms with Crippen LogP contribution in [0.3, 0.4) is 0 Å². The van der Waals surface area contributed by atoms with Crippen molar-refractivity contribution in [1.82, 2.24) is 19.8 Å². The van der Waals surface area contributed by atoms with E-state index in [-0.39, 0.29) is 5.91 Å². The Morgan fingerprint density at radius 2 is 1.72 bits per heavy atom. The van der Waals surface area contributed by atoms with Crippen LogP contribution in [0.4, 0.5) is 5.82 Å². The Kier molecular flexibility index (Phi) is 6.39. The zero-order valence-electron chi connectivity index (χ0n) is 17.3. The Labute approximate surface area is 173 Å². The Hall–Kier alpha value is -2.47. The van der Waals surface area contributed by atoms with E-state index in [4.69, 9.17) is 0 Å². The number of hydrogen-bond donors (Lipinski definition) is 0. The first-order chi connectivity index (χ1) is 14.2. The Morgan fingerprint density at radius 3 is 2.41 bits per heavy atom. The van der Waals surface area contributed by atoms with Crippen LogP contribution in [-0.2, 0) is 6.42 Å². The summed E-state index contributed by atoms with van der Waals surface area (Å²) in [6.45, 7) is 8.60. The van der Waals surface area contributed by atoms with Crippen LogP contribution in [-0.4, -0.2) is 71.5 Å². The van der Waals surface area contributed by atoms with Crippen LogP contribution in [0.25, 0.3) is 0 Å². The van der Waals surface area contributed by atoms with E-state index in [0.717, 1.165) is 70.9 Å². The summed E-state index contributed by atoms with van der Waals surface area (Å²) in [6.07, 6.45) is 5.00. The molecule has 2 saturated heterocycles. The molecule has 0 atom stereocenters. The molecular formula is C23H31N5O. The number of anilines is 1. The zero-order chi connectivity index (χ0) is 20.1. The van der Waals surface area contributed by atoms with Crippen LogP contribution in [0.15, 0.2) is 42.7 Å². The largest absolute Gasteiger partial charge is 0.356 e. The first-order valence-corrected chi connectivity index (χ1v) is 10.9. The second-order valence-corrected chi connectivity index (χ2v) is 8.11. The number of nitrogens with zero attached hydrogens (tertiary/aromatic N) is 5. The molecule has 0 aliphatic carbocycles. The number of rotatable bonds is 5. The van der Waals surface area contributed by atoms with Gasteiger partial charge >= 0.3 is 0 Å². The van der Waals surface area contributed by atoms with Crippen molar-refractivity contribution in [2.24, 2.45) is 5.92 Å². The molecule has 1 amide bonds. The van der Waals surface area contributed by atoms with Crippen LogP contribution in [0.5, 0.6) is 0 Å². The van der Waals surface area contributed by atoms with Gasteiger partial charge in [-0.2, -0.15) is 0 Å². The minimum Gasteiger partial charge on any atom is -0.356 e. The summed E-state index contributed by atoms with van der Waals surface area (Å²) >= 11 is 0. The standard InChI is InChI=1S/C23H31N5O/c1-2-26-12-14-28(15-13-26)23(29)21-17-22(25-18-24-21)27-10-8-20(9-11-27)16-19-6-4-3-5-7-19/h3-7,17-18,20H,2,8-16H2,1H3. The highest BCUT2D eigenvalue weighted by atomic mass is 16.2. The molecule has 6 heteroatoms. The van der Waals surface area contributed by atoms with Gasteiger partial charge in [0.25, 0.3) is 5.91 Å². The van der Waals surface area contributed by atoms with Gasteiger partial charge in [0, 0.05) is 45.3 Å². The monoisotopic (exact) mass is 393 g/mol. The molecule has 3 heterocycles. The van der Waals surface area contributed by atoms with Crippen LogP contribution in [0.2, 0.25) is 0 Å². The number of piperidine rings is 1. The molecule has 0 radical (unpaired) electrons. The van der Waals surface area contributed by atoms with Crippen LogP contribution in [0, 0.1) is 5.92 Å². The first kappa shape index (κ1) is 19.8. The van der Waals surface area contributed by atoms with Crippen molar-refractivity contribution in [1.29, 1.82) is 0 Å². The van der Waals surface area contributed by atoms with Crippen LogP contribution in [0.1, 0.15) is 35.8 Å². The highest BCUT2D eigenvalue weighted by Gasteiger charge is 2.24. The van der Waals surface area contributed by atoms with Crippen molar-refractivity contribution >= 4 is 11.7 Å². The average Bonchev–Trinajstić information content (AvgIpc) is 2.80. The summed E-state index contributed by atoms with van der Waals surface area (Å²) in [7, 11) is 0. The molecule has 2 aromatic rings. The SMILES string of the molecule is CCN1CCN(C(=O)c2cc(N3CCC(Cc4ccccc4)CC3)ncn2)CC1. The van der Waals surface area contributed by atoms with Crippen molar-refractivity contribution in [2.75, 3.05) is 50.7 Å². The minimum atomic E-state index is 0.0309. The fourth-order valence-corrected chi connectivity index (χ4v) is 4.38. The number of carbonyl (C=O) groups is 1. The highest BCUT2D eigenvalue weighted by Crippen LogP contribution is 2.25. The zero-order valence-corrected chi connectivity index (χ0v) is 17.3. The molecule has 4 rings (SSSR count). The van der Waals surface area contributed by atoms with E-state index in [9.17, 15) is 4.79 Å². The van der Waals surface area contributed by atoms with E-state index >= 15 is 0 Å². The van der Waals surface area contributed by atoms with E-state index in [1.54, 1.807) is 6.33 Å². The fraction of sp³-hybridized carbons (Fsp3) is 0.522. The molecule has 6 nitrogen and oxygen atoms in total. The van der Waals surface area contributed by atoms with Crippen molar-refractivity contribution < 1.29 is 4.79 Å². The number of carbonyl (C=O) groups excluding carboxylic acids is 1. The number of hydrogen-bond acceptors (Lipinski definition) is 5. The van der Waals surface area contributed by atoms with Crippen molar-refractivity contribution in [2.45, 2.75) is 26.2 Å². The molecular weight excluding hydrogens is 362 g/mol. The summed E-state index contributed by atoms with van der Waals surface area (Å²) in [5.41, 5.74) is 1.94. The van der Waals surface area contributed by atoms with Gasteiger partial charge in [0.1, 0.15) is 17.8 Å². The topological polar surface area (TPSA) is 52.6 Å². The van der Waals surface area contributed by atoms with Gasteiger partial charge < -0.3 is 14.7 Å². The van der Waals surface area contributed by atoms with E-state index < -0.39 is 0 Å². The van der Waals surface area contributed by atoms with E-state index in [1.165, 1.54) is 5.56 Å². The molecule has 2 aliphatic heterocycles. The Balaban J connectivity index is 1.34. The molecule has 154 valence electrons. The van der Waals surface area contributed by atoms with Gasteiger partial charge in [0.05, 0.1) is 0 Å². The maximum Gasteiger partial charge on any atom is 0.272 e. The lowest BCUT2D eigenvalue weighted by Gasteiger charge is -2.34. The summed E-state index contributed by atoms with van der Waals surface area (Å²) in [4.78, 5) is 28.2. The third-order valence-corrected chi connectivity index (χ3v) is 6.28. The number of likely N-dealkylation sites (N-methyl/N-ethyl adjacent to an activating group) is 1. The predicted octanol–water partition coefficient (Wildman–Crippen LogP) is 2.71. The molecule has 2 fully saturated rings. The second-order valence-electron chi connectivity index (χ2n) is 8.11. The second kappa shape index (κ2) is 9.35. The van der Waals surface area contributed by atoms with Gasteiger partial charge in [0.2, 0.25) is 0 Å². The Morgan fingerprint density at radius 1 is 1.00 bits per heavy atom. The van der Waals surface area contributed by atoms with Gasteiger partial charge in [-0.05, 0) is 37.3 Å². The molecule has 2 aliphatic rings. The van der Waals surface area contributed by atoms with Gasteiger partial charge in [-0.25, -0.2) is 9.97 Å². The van der Waals surface area contributed by atoms with Crippen LogP contribution >= 0.6 is 0 Å². The molecule has 0 spiro atoms. The summed E-state index contributed by atoms with van der Waals surface area (Å²) in [6, 6.07) is 12.6. The molecule has 29 heavy (non-hydrogen) atoms. The molecule has 0 saturated carbocycles. The van der Waals surface area contributed by atoms with Crippen molar-refractivity contribution in [3.63, 3.8) is 0 Å². The highest BCUT2D eigenvalue weighted by molar-refractivity contribution is 5.93. The minimum absolute atomic E-state index is 0.0309. The fourth-order valence-electron chi connectivity index (χ4n) is 4.38. The maximum absolute atomic E-state index is 12.9.